The van der Waals surface area contributed by atoms with Gasteiger partial charge < -0.3 is 14.4 Å². The molecule has 2 aromatic rings. The van der Waals surface area contributed by atoms with Crippen molar-refractivity contribution in [1.82, 2.24) is 14.3 Å². The molecule has 0 aliphatic carbocycles. The number of hydrogen-bond acceptors (Lipinski definition) is 4. The molecule has 18 heavy (non-hydrogen) atoms. The summed E-state index contributed by atoms with van der Waals surface area (Å²) in [5.74, 6) is -0.329. The van der Waals surface area contributed by atoms with E-state index in [4.69, 9.17) is 8.85 Å². The Morgan fingerprint density at radius 1 is 1.61 bits per heavy atom. The quantitative estimate of drug-likeness (QED) is 0.826. The molecule has 3 rings (SSSR count). The van der Waals surface area contributed by atoms with Crippen LogP contribution in [0.5, 0.6) is 5.75 Å². The van der Waals surface area contributed by atoms with E-state index >= 15 is 0 Å². The zero-order valence-corrected chi connectivity index (χ0v) is 9.67. The number of pyridine rings is 1. The summed E-state index contributed by atoms with van der Waals surface area (Å²) in [6.07, 6.45) is 3.86. The minimum absolute atomic E-state index is 0.0779. The Bertz CT molecular complexity index is 729. The highest BCUT2D eigenvalue weighted by Gasteiger charge is 2.19. The molecule has 1 aliphatic rings. The SMILES string of the molecule is [2H]C([2H])([2H])n1c(=O)cc(O)c2nn(C3CCCCO3)cc21. The lowest BCUT2D eigenvalue weighted by molar-refractivity contribution is -0.0391. The van der Waals surface area contributed by atoms with Crippen LogP contribution in [0.15, 0.2) is 17.1 Å². The van der Waals surface area contributed by atoms with Gasteiger partial charge in [0.2, 0.25) is 0 Å². The summed E-state index contributed by atoms with van der Waals surface area (Å²) in [7, 11) is 0. The third-order valence-corrected chi connectivity index (χ3v) is 3.13. The molecule has 0 bridgehead atoms. The van der Waals surface area contributed by atoms with Crippen LogP contribution in [0.2, 0.25) is 0 Å². The van der Waals surface area contributed by atoms with Crippen molar-refractivity contribution >= 4 is 11.0 Å². The van der Waals surface area contributed by atoms with Crippen LogP contribution in [-0.2, 0) is 11.7 Å². The predicted octanol–water partition coefficient (Wildman–Crippen LogP) is 1.14. The summed E-state index contributed by atoms with van der Waals surface area (Å²) in [4.78, 5) is 11.9. The van der Waals surface area contributed by atoms with Gasteiger partial charge in [-0.15, -0.1) is 0 Å². The Labute approximate surface area is 108 Å². The lowest BCUT2D eigenvalue weighted by Gasteiger charge is -2.22. The topological polar surface area (TPSA) is 69.3 Å². The van der Waals surface area contributed by atoms with Crippen LogP contribution in [0.3, 0.4) is 0 Å². The first-order valence-electron chi connectivity index (χ1n) is 7.34. The molecule has 1 atom stereocenters. The summed E-state index contributed by atoms with van der Waals surface area (Å²) in [5.41, 5.74) is -0.627. The maximum Gasteiger partial charge on any atom is 0.254 e. The van der Waals surface area contributed by atoms with E-state index in [0.717, 1.165) is 25.3 Å². The first-order valence-corrected chi connectivity index (χ1v) is 5.84. The zero-order chi connectivity index (χ0) is 15.2. The molecule has 6 nitrogen and oxygen atoms in total. The highest BCUT2D eigenvalue weighted by Crippen LogP contribution is 2.26. The van der Waals surface area contributed by atoms with Crippen LogP contribution in [-0.4, -0.2) is 26.1 Å². The molecular weight excluding hydrogens is 234 g/mol. The van der Waals surface area contributed by atoms with Crippen LogP contribution >= 0.6 is 0 Å². The minimum atomic E-state index is -2.63. The van der Waals surface area contributed by atoms with Gasteiger partial charge in [0.1, 0.15) is 6.23 Å². The minimum Gasteiger partial charge on any atom is -0.505 e. The molecule has 1 saturated heterocycles. The summed E-state index contributed by atoms with van der Waals surface area (Å²) in [6.45, 7) is -2.02. The van der Waals surface area contributed by atoms with Crippen molar-refractivity contribution in [2.45, 2.75) is 25.5 Å². The van der Waals surface area contributed by atoms with Crippen LogP contribution in [0, 0.1) is 0 Å². The van der Waals surface area contributed by atoms with E-state index in [1.807, 2.05) is 0 Å². The van der Waals surface area contributed by atoms with Crippen LogP contribution < -0.4 is 5.56 Å². The maximum atomic E-state index is 11.9. The standard InChI is InChI=1S/C12H15N3O3/c1-14-8-7-15(11-4-2-3-5-18-11)13-12(8)9(16)6-10(14)17/h6-7,11,16H,2-5H2,1H3/i1D3. The van der Waals surface area contributed by atoms with Crippen molar-refractivity contribution < 1.29 is 14.0 Å². The van der Waals surface area contributed by atoms with Crippen LogP contribution in [0.4, 0.5) is 0 Å². The second-order valence-corrected chi connectivity index (χ2v) is 4.37. The van der Waals surface area contributed by atoms with Gasteiger partial charge >= 0.3 is 0 Å². The molecule has 0 radical (unpaired) electrons. The molecule has 0 spiro atoms. The fourth-order valence-electron chi connectivity index (χ4n) is 2.18. The second kappa shape index (κ2) is 4.13. The normalized spacial score (nSPS) is 23.6. The summed E-state index contributed by atoms with van der Waals surface area (Å²) in [5, 5.41) is 14.0. The van der Waals surface area contributed by atoms with Gasteiger partial charge in [0, 0.05) is 23.8 Å². The molecule has 0 aromatic carbocycles. The molecule has 6 heteroatoms. The fraction of sp³-hybridized carbons (Fsp3) is 0.500. The Balaban J connectivity index is 2.20. The van der Waals surface area contributed by atoms with Crippen molar-refractivity contribution in [3.05, 3.63) is 22.6 Å². The van der Waals surface area contributed by atoms with Crippen molar-refractivity contribution in [2.24, 2.45) is 6.98 Å². The van der Waals surface area contributed by atoms with Gasteiger partial charge in [-0.25, -0.2) is 4.68 Å². The van der Waals surface area contributed by atoms with Crippen molar-refractivity contribution in [3.63, 3.8) is 0 Å². The summed E-state index contributed by atoms with van der Waals surface area (Å²) in [6, 6.07) is 0.869. The number of nitrogens with zero attached hydrogens (tertiary/aromatic N) is 3. The van der Waals surface area contributed by atoms with E-state index in [1.54, 1.807) is 0 Å². The van der Waals surface area contributed by atoms with Crippen molar-refractivity contribution in [3.8, 4) is 5.75 Å². The van der Waals surface area contributed by atoms with Gasteiger partial charge in [-0.2, -0.15) is 5.10 Å². The Hall–Kier alpha value is -1.82. The molecule has 96 valence electrons. The van der Waals surface area contributed by atoms with Gasteiger partial charge in [0.05, 0.1) is 11.7 Å². The Morgan fingerprint density at radius 3 is 3.22 bits per heavy atom. The van der Waals surface area contributed by atoms with Crippen molar-refractivity contribution in [1.29, 1.82) is 0 Å². The first-order chi connectivity index (χ1) is 9.88. The third kappa shape index (κ3) is 1.69. The second-order valence-electron chi connectivity index (χ2n) is 4.37. The molecule has 1 N–H and O–H groups in total. The van der Waals surface area contributed by atoms with Gasteiger partial charge in [-0.05, 0) is 19.3 Å². The number of fused-ring (bicyclic) bond motifs is 1. The monoisotopic (exact) mass is 252 g/mol. The van der Waals surface area contributed by atoms with E-state index in [0.29, 0.717) is 11.2 Å². The Morgan fingerprint density at radius 2 is 2.50 bits per heavy atom. The summed E-state index contributed by atoms with van der Waals surface area (Å²) >= 11 is 0. The molecule has 0 amide bonds. The lowest BCUT2D eigenvalue weighted by atomic mass is 10.2. The number of ether oxygens (including phenoxy) is 1. The zero-order valence-electron chi connectivity index (χ0n) is 12.7. The smallest absolute Gasteiger partial charge is 0.254 e. The molecule has 0 saturated carbocycles. The van der Waals surface area contributed by atoms with Gasteiger partial charge in [0.15, 0.2) is 11.3 Å². The molecule has 2 aromatic heterocycles. The first kappa shape index (κ1) is 8.31. The Kier molecular flexibility index (Phi) is 1.91. The van der Waals surface area contributed by atoms with Crippen molar-refractivity contribution in [2.75, 3.05) is 6.61 Å². The van der Waals surface area contributed by atoms with E-state index in [1.165, 1.54) is 10.9 Å². The van der Waals surface area contributed by atoms with E-state index in [9.17, 15) is 9.90 Å². The average Bonchev–Trinajstić information content (AvgIpc) is 2.83. The molecule has 3 heterocycles. The van der Waals surface area contributed by atoms with E-state index < -0.39 is 12.5 Å². The molecule has 1 unspecified atom stereocenters. The summed E-state index contributed by atoms with van der Waals surface area (Å²) < 4.78 is 30.1. The molecule has 1 aliphatic heterocycles. The number of aryl methyl sites for hydroxylation is 1. The van der Waals surface area contributed by atoms with E-state index in [2.05, 4.69) is 5.10 Å². The predicted molar refractivity (Wildman–Crippen MR) is 65.5 cm³/mol. The van der Waals surface area contributed by atoms with Gasteiger partial charge in [0.25, 0.3) is 5.56 Å². The average molecular weight is 252 g/mol. The fourth-order valence-corrected chi connectivity index (χ4v) is 2.18. The highest BCUT2D eigenvalue weighted by molar-refractivity contribution is 5.80. The maximum absolute atomic E-state index is 11.9. The molecule has 1 fully saturated rings. The van der Waals surface area contributed by atoms with Gasteiger partial charge in [-0.1, -0.05) is 0 Å². The lowest BCUT2D eigenvalue weighted by Crippen LogP contribution is -2.18. The number of aromatic nitrogens is 3. The van der Waals surface area contributed by atoms with Crippen LogP contribution in [0.25, 0.3) is 11.0 Å². The molecular formula is C12H15N3O3. The third-order valence-electron chi connectivity index (χ3n) is 3.13. The van der Waals surface area contributed by atoms with Gasteiger partial charge in [-0.3, -0.25) is 4.79 Å². The number of aromatic hydroxyl groups is 1. The number of hydrogen-bond donors (Lipinski definition) is 1. The number of rotatable bonds is 1. The van der Waals surface area contributed by atoms with Crippen LogP contribution in [0.1, 0.15) is 29.6 Å². The highest BCUT2D eigenvalue weighted by atomic mass is 16.5. The van der Waals surface area contributed by atoms with E-state index in [-0.39, 0.29) is 23.0 Å². The largest absolute Gasteiger partial charge is 0.505 e.